The standard InChI is InChI=1S/C14H21NO2/c1-10-8-11(4-5-12(10)17-3)13(15-2)14(9-16)6-7-14/h4-5,8,13,15-16H,6-7,9H2,1-3H3. The summed E-state index contributed by atoms with van der Waals surface area (Å²) in [5, 5.41) is 12.9. The molecule has 0 aromatic heterocycles. The van der Waals surface area contributed by atoms with E-state index in [0.717, 1.165) is 24.2 Å². The van der Waals surface area contributed by atoms with Crippen LogP contribution in [-0.4, -0.2) is 25.9 Å². The van der Waals surface area contributed by atoms with Gasteiger partial charge in [-0.15, -0.1) is 0 Å². The molecule has 0 heterocycles. The molecule has 0 bridgehead atoms. The van der Waals surface area contributed by atoms with Crippen LogP contribution in [0.3, 0.4) is 0 Å². The number of hydrogen-bond donors (Lipinski definition) is 2. The van der Waals surface area contributed by atoms with Crippen molar-refractivity contribution in [1.29, 1.82) is 0 Å². The summed E-state index contributed by atoms with van der Waals surface area (Å²) in [6.07, 6.45) is 2.19. The Morgan fingerprint density at radius 3 is 2.59 bits per heavy atom. The molecular weight excluding hydrogens is 214 g/mol. The van der Waals surface area contributed by atoms with Crippen LogP contribution in [0, 0.1) is 12.3 Å². The van der Waals surface area contributed by atoms with E-state index < -0.39 is 0 Å². The number of aliphatic hydroxyl groups is 1. The van der Waals surface area contributed by atoms with E-state index in [0.29, 0.717) is 0 Å². The Kier molecular flexibility index (Phi) is 3.40. The molecule has 1 unspecified atom stereocenters. The number of aryl methyl sites for hydroxylation is 1. The minimum atomic E-state index is 0.0514. The maximum Gasteiger partial charge on any atom is 0.121 e. The lowest BCUT2D eigenvalue weighted by Crippen LogP contribution is -2.29. The van der Waals surface area contributed by atoms with Gasteiger partial charge in [-0.2, -0.15) is 0 Å². The predicted octanol–water partition coefficient (Wildman–Crippen LogP) is 2.04. The molecule has 2 rings (SSSR count). The summed E-state index contributed by atoms with van der Waals surface area (Å²) in [5.41, 5.74) is 2.42. The first-order valence-electron chi connectivity index (χ1n) is 6.09. The minimum absolute atomic E-state index is 0.0514. The first-order valence-corrected chi connectivity index (χ1v) is 6.09. The molecule has 0 aliphatic heterocycles. The number of hydrogen-bond acceptors (Lipinski definition) is 3. The zero-order chi connectivity index (χ0) is 12.5. The van der Waals surface area contributed by atoms with Gasteiger partial charge in [0.1, 0.15) is 5.75 Å². The summed E-state index contributed by atoms with van der Waals surface area (Å²) in [6.45, 7) is 2.30. The molecule has 94 valence electrons. The van der Waals surface area contributed by atoms with E-state index in [4.69, 9.17) is 4.74 Å². The zero-order valence-corrected chi connectivity index (χ0v) is 10.8. The molecule has 1 aromatic carbocycles. The van der Waals surface area contributed by atoms with Crippen LogP contribution in [0.5, 0.6) is 5.75 Å². The molecule has 0 spiro atoms. The second kappa shape index (κ2) is 4.67. The van der Waals surface area contributed by atoms with Crippen LogP contribution < -0.4 is 10.1 Å². The molecule has 1 fully saturated rings. The topological polar surface area (TPSA) is 41.5 Å². The molecule has 1 aromatic rings. The molecule has 3 heteroatoms. The average molecular weight is 235 g/mol. The van der Waals surface area contributed by atoms with Crippen LogP contribution in [0.15, 0.2) is 18.2 Å². The first-order chi connectivity index (χ1) is 8.16. The third-order valence-corrected chi connectivity index (χ3v) is 3.86. The fraction of sp³-hybridized carbons (Fsp3) is 0.571. The molecule has 0 radical (unpaired) electrons. The van der Waals surface area contributed by atoms with E-state index in [-0.39, 0.29) is 18.1 Å². The van der Waals surface area contributed by atoms with E-state index in [1.54, 1.807) is 7.11 Å². The Morgan fingerprint density at radius 2 is 2.18 bits per heavy atom. The molecule has 1 atom stereocenters. The van der Waals surface area contributed by atoms with E-state index in [1.807, 2.05) is 20.0 Å². The van der Waals surface area contributed by atoms with Gasteiger partial charge in [-0.3, -0.25) is 0 Å². The Morgan fingerprint density at radius 1 is 1.47 bits per heavy atom. The van der Waals surface area contributed by atoms with Crippen LogP contribution in [0.2, 0.25) is 0 Å². The molecule has 2 N–H and O–H groups in total. The van der Waals surface area contributed by atoms with Gasteiger partial charge in [0, 0.05) is 11.5 Å². The molecule has 3 nitrogen and oxygen atoms in total. The normalized spacial score (nSPS) is 18.8. The van der Waals surface area contributed by atoms with Gasteiger partial charge >= 0.3 is 0 Å². The summed E-state index contributed by atoms with van der Waals surface area (Å²) in [6, 6.07) is 6.47. The summed E-state index contributed by atoms with van der Waals surface area (Å²) >= 11 is 0. The third kappa shape index (κ3) is 2.17. The molecule has 0 saturated heterocycles. The van der Waals surface area contributed by atoms with Gasteiger partial charge < -0.3 is 15.2 Å². The number of rotatable bonds is 5. The Balaban J connectivity index is 2.29. The fourth-order valence-electron chi connectivity index (χ4n) is 2.61. The summed E-state index contributed by atoms with van der Waals surface area (Å²) < 4.78 is 5.27. The van der Waals surface area contributed by atoms with Gasteiger partial charge in [0.2, 0.25) is 0 Å². The van der Waals surface area contributed by atoms with Gasteiger partial charge in [-0.05, 0) is 44.0 Å². The maximum atomic E-state index is 9.52. The lowest BCUT2D eigenvalue weighted by atomic mass is 9.90. The molecule has 0 amide bonds. The second-order valence-corrected chi connectivity index (χ2v) is 4.97. The largest absolute Gasteiger partial charge is 0.496 e. The third-order valence-electron chi connectivity index (χ3n) is 3.86. The molecule has 1 aliphatic carbocycles. The minimum Gasteiger partial charge on any atom is -0.496 e. The quantitative estimate of drug-likeness (QED) is 0.820. The predicted molar refractivity (Wildman–Crippen MR) is 68.3 cm³/mol. The van der Waals surface area contributed by atoms with Crippen LogP contribution in [0.1, 0.15) is 30.0 Å². The fourth-order valence-corrected chi connectivity index (χ4v) is 2.61. The van der Waals surface area contributed by atoms with Crippen LogP contribution in [-0.2, 0) is 0 Å². The Labute approximate surface area is 103 Å². The van der Waals surface area contributed by atoms with Crippen molar-refractivity contribution in [3.05, 3.63) is 29.3 Å². The number of nitrogens with one attached hydrogen (secondary N) is 1. The summed E-state index contributed by atoms with van der Waals surface area (Å²) in [5.74, 6) is 0.914. The maximum absolute atomic E-state index is 9.52. The van der Waals surface area contributed by atoms with Gasteiger partial charge in [-0.25, -0.2) is 0 Å². The smallest absolute Gasteiger partial charge is 0.121 e. The number of aliphatic hydroxyl groups excluding tert-OH is 1. The Hall–Kier alpha value is -1.06. The highest BCUT2D eigenvalue weighted by atomic mass is 16.5. The van der Waals surface area contributed by atoms with Crippen LogP contribution in [0.25, 0.3) is 0 Å². The number of methoxy groups -OCH3 is 1. The van der Waals surface area contributed by atoms with Gasteiger partial charge in [-0.1, -0.05) is 12.1 Å². The van der Waals surface area contributed by atoms with E-state index in [9.17, 15) is 5.11 Å². The van der Waals surface area contributed by atoms with Crippen molar-refractivity contribution in [1.82, 2.24) is 5.32 Å². The SMILES string of the molecule is CNC(c1ccc(OC)c(C)c1)C1(CO)CC1. The van der Waals surface area contributed by atoms with E-state index in [2.05, 4.69) is 17.4 Å². The van der Waals surface area contributed by atoms with Crippen molar-refractivity contribution in [2.45, 2.75) is 25.8 Å². The van der Waals surface area contributed by atoms with Crippen LogP contribution in [0.4, 0.5) is 0 Å². The molecular formula is C14H21NO2. The summed E-state index contributed by atoms with van der Waals surface area (Å²) in [4.78, 5) is 0. The lowest BCUT2D eigenvalue weighted by Gasteiger charge is -2.26. The van der Waals surface area contributed by atoms with E-state index in [1.165, 1.54) is 5.56 Å². The molecule has 17 heavy (non-hydrogen) atoms. The van der Waals surface area contributed by atoms with Crippen molar-refractivity contribution in [3.63, 3.8) is 0 Å². The number of benzene rings is 1. The highest BCUT2D eigenvalue weighted by molar-refractivity contribution is 5.38. The zero-order valence-electron chi connectivity index (χ0n) is 10.8. The Bertz CT molecular complexity index is 399. The highest BCUT2D eigenvalue weighted by Crippen LogP contribution is 2.54. The molecule has 1 saturated carbocycles. The first kappa shape index (κ1) is 12.4. The molecule has 1 aliphatic rings. The van der Waals surface area contributed by atoms with Gasteiger partial charge in [0.25, 0.3) is 0 Å². The van der Waals surface area contributed by atoms with Crippen molar-refractivity contribution in [3.8, 4) is 5.75 Å². The van der Waals surface area contributed by atoms with E-state index >= 15 is 0 Å². The highest BCUT2D eigenvalue weighted by Gasteiger charge is 2.48. The van der Waals surface area contributed by atoms with Crippen molar-refractivity contribution in [2.24, 2.45) is 5.41 Å². The summed E-state index contributed by atoms with van der Waals surface area (Å²) in [7, 11) is 3.65. The average Bonchev–Trinajstić information content (AvgIpc) is 3.11. The van der Waals surface area contributed by atoms with Crippen LogP contribution >= 0.6 is 0 Å². The van der Waals surface area contributed by atoms with Gasteiger partial charge in [0.15, 0.2) is 0 Å². The van der Waals surface area contributed by atoms with Gasteiger partial charge in [0.05, 0.1) is 13.7 Å². The van der Waals surface area contributed by atoms with Crippen molar-refractivity contribution in [2.75, 3.05) is 20.8 Å². The van der Waals surface area contributed by atoms with Crippen molar-refractivity contribution >= 4 is 0 Å². The second-order valence-electron chi connectivity index (χ2n) is 4.97. The lowest BCUT2D eigenvalue weighted by molar-refractivity contribution is 0.175. The van der Waals surface area contributed by atoms with Crippen molar-refractivity contribution < 1.29 is 9.84 Å². The monoisotopic (exact) mass is 235 g/mol. The number of ether oxygens (including phenoxy) is 1.